The van der Waals surface area contributed by atoms with Gasteiger partial charge in [-0.2, -0.15) is 0 Å². The average molecular weight is 288 g/mol. The molecule has 0 aliphatic carbocycles. The van der Waals surface area contributed by atoms with Crippen LogP contribution in [0.4, 0.5) is 5.69 Å². The molecule has 0 radical (unpaired) electrons. The Kier molecular flexibility index (Phi) is 3.83. The van der Waals surface area contributed by atoms with E-state index < -0.39 is 0 Å². The maximum Gasteiger partial charge on any atom is 0.122 e. The van der Waals surface area contributed by atoms with Gasteiger partial charge in [0.1, 0.15) is 5.75 Å². The predicted octanol–water partition coefficient (Wildman–Crippen LogP) is 4.84. The van der Waals surface area contributed by atoms with E-state index >= 15 is 0 Å². The van der Waals surface area contributed by atoms with Gasteiger partial charge in [-0.05, 0) is 53.9 Å². The van der Waals surface area contributed by atoms with Crippen LogP contribution in [0.1, 0.15) is 30.5 Å². The number of ether oxygens (including phenoxy) is 1. The highest BCUT2D eigenvalue weighted by Gasteiger charge is 2.16. The fraction of sp³-hybridized carbons (Fsp3) is 0.294. The highest BCUT2D eigenvalue weighted by atomic mass is 35.5. The van der Waals surface area contributed by atoms with E-state index in [4.69, 9.17) is 16.3 Å². The molecular weight excluding hydrogens is 270 g/mol. The summed E-state index contributed by atoms with van der Waals surface area (Å²) in [4.78, 5) is 0. The topological polar surface area (TPSA) is 21.3 Å². The first-order chi connectivity index (χ1) is 9.76. The van der Waals surface area contributed by atoms with Crippen molar-refractivity contribution in [3.63, 3.8) is 0 Å². The van der Waals surface area contributed by atoms with Crippen LogP contribution in [0.25, 0.3) is 0 Å². The van der Waals surface area contributed by atoms with E-state index in [-0.39, 0.29) is 0 Å². The lowest BCUT2D eigenvalue weighted by Crippen LogP contribution is -2.09. The summed E-state index contributed by atoms with van der Waals surface area (Å²) in [5.41, 5.74) is 3.73. The van der Waals surface area contributed by atoms with Crippen LogP contribution in [-0.4, -0.2) is 6.61 Å². The van der Waals surface area contributed by atoms with Crippen molar-refractivity contribution in [2.24, 2.45) is 0 Å². The number of benzene rings is 2. The van der Waals surface area contributed by atoms with Crippen molar-refractivity contribution in [3.05, 3.63) is 58.6 Å². The molecule has 0 bridgehead atoms. The zero-order valence-corrected chi connectivity index (χ0v) is 12.3. The van der Waals surface area contributed by atoms with Gasteiger partial charge in [0.25, 0.3) is 0 Å². The lowest BCUT2D eigenvalue weighted by molar-refractivity contribution is 0.357. The Labute approximate surface area is 124 Å². The van der Waals surface area contributed by atoms with E-state index in [0.29, 0.717) is 6.04 Å². The Hall–Kier alpha value is -1.67. The summed E-state index contributed by atoms with van der Waals surface area (Å²) in [5.74, 6) is 1.04. The maximum absolute atomic E-state index is 5.92. The molecule has 20 heavy (non-hydrogen) atoms. The number of hydrogen-bond acceptors (Lipinski definition) is 2. The van der Waals surface area contributed by atoms with E-state index in [2.05, 4.69) is 30.4 Å². The van der Waals surface area contributed by atoms with Gasteiger partial charge >= 0.3 is 0 Å². The van der Waals surface area contributed by atoms with Crippen molar-refractivity contribution in [1.82, 2.24) is 0 Å². The van der Waals surface area contributed by atoms with Crippen molar-refractivity contribution in [3.8, 4) is 5.75 Å². The van der Waals surface area contributed by atoms with Gasteiger partial charge in [0, 0.05) is 17.1 Å². The number of hydrogen-bond donors (Lipinski definition) is 1. The molecule has 3 heteroatoms. The van der Waals surface area contributed by atoms with Gasteiger partial charge in [-0.25, -0.2) is 0 Å². The first kappa shape index (κ1) is 13.3. The first-order valence-electron chi connectivity index (χ1n) is 7.04. The van der Waals surface area contributed by atoms with Gasteiger partial charge in [-0.15, -0.1) is 0 Å². The third-order valence-corrected chi connectivity index (χ3v) is 3.96. The second-order valence-electron chi connectivity index (χ2n) is 5.08. The van der Waals surface area contributed by atoms with Crippen molar-refractivity contribution < 1.29 is 4.74 Å². The molecule has 1 atom stereocenters. The van der Waals surface area contributed by atoms with Gasteiger partial charge in [-0.3, -0.25) is 0 Å². The highest BCUT2D eigenvalue weighted by molar-refractivity contribution is 6.30. The van der Waals surface area contributed by atoms with Crippen LogP contribution in [0.2, 0.25) is 5.02 Å². The molecule has 1 aliphatic heterocycles. The van der Waals surface area contributed by atoms with Crippen LogP contribution in [0, 0.1) is 0 Å². The van der Waals surface area contributed by atoms with Crippen LogP contribution in [0.15, 0.2) is 42.5 Å². The van der Waals surface area contributed by atoms with E-state index in [1.807, 2.05) is 24.3 Å². The van der Waals surface area contributed by atoms with Gasteiger partial charge < -0.3 is 10.1 Å². The summed E-state index contributed by atoms with van der Waals surface area (Å²) in [6.07, 6.45) is 2.04. The molecule has 3 rings (SSSR count). The van der Waals surface area contributed by atoms with Crippen LogP contribution in [0.5, 0.6) is 5.75 Å². The second-order valence-corrected chi connectivity index (χ2v) is 5.51. The Morgan fingerprint density at radius 1 is 1.20 bits per heavy atom. The fourth-order valence-electron chi connectivity index (χ4n) is 2.59. The highest BCUT2D eigenvalue weighted by Crippen LogP contribution is 2.30. The molecule has 0 aromatic heterocycles. The molecule has 1 aliphatic rings. The van der Waals surface area contributed by atoms with Crippen LogP contribution in [-0.2, 0) is 6.42 Å². The maximum atomic E-state index is 5.92. The molecule has 0 saturated heterocycles. The van der Waals surface area contributed by atoms with Gasteiger partial charge in [0.05, 0.1) is 12.6 Å². The molecule has 0 amide bonds. The lowest BCUT2D eigenvalue weighted by Gasteiger charge is -2.19. The summed E-state index contributed by atoms with van der Waals surface area (Å²) < 4.78 is 5.56. The zero-order valence-electron chi connectivity index (χ0n) is 11.5. The molecule has 1 N–H and O–H groups in total. The minimum atomic E-state index is 0.307. The third kappa shape index (κ3) is 2.75. The molecule has 1 heterocycles. The minimum Gasteiger partial charge on any atom is -0.493 e. The van der Waals surface area contributed by atoms with Crippen molar-refractivity contribution >= 4 is 17.3 Å². The Bertz CT molecular complexity index is 594. The van der Waals surface area contributed by atoms with Gasteiger partial charge in [0.15, 0.2) is 0 Å². The molecule has 0 saturated carbocycles. The number of anilines is 1. The molecule has 0 fully saturated rings. The Morgan fingerprint density at radius 2 is 2.00 bits per heavy atom. The Balaban J connectivity index is 1.81. The molecular formula is C17H18ClNO. The number of rotatable bonds is 4. The normalized spacial score (nSPS) is 14.5. The van der Waals surface area contributed by atoms with Crippen molar-refractivity contribution in [2.45, 2.75) is 25.8 Å². The molecule has 1 unspecified atom stereocenters. The van der Waals surface area contributed by atoms with E-state index in [1.54, 1.807) is 0 Å². The first-order valence-corrected chi connectivity index (χ1v) is 7.42. The van der Waals surface area contributed by atoms with E-state index in [9.17, 15) is 0 Å². The summed E-state index contributed by atoms with van der Waals surface area (Å²) in [7, 11) is 0. The standard InChI is InChI=1S/C17H18ClNO/c1-2-16(19-15-6-4-14(18)5-7-15)12-3-8-17-13(11-12)9-10-20-17/h3-8,11,16,19H,2,9-10H2,1H3. The number of fused-ring (bicyclic) bond motifs is 1. The van der Waals surface area contributed by atoms with Crippen LogP contribution < -0.4 is 10.1 Å². The van der Waals surface area contributed by atoms with Crippen LogP contribution >= 0.6 is 11.6 Å². The molecule has 2 aromatic rings. The minimum absolute atomic E-state index is 0.307. The smallest absolute Gasteiger partial charge is 0.122 e. The summed E-state index contributed by atoms with van der Waals surface area (Å²) in [6.45, 7) is 3.00. The van der Waals surface area contributed by atoms with E-state index in [1.165, 1.54) is 11.1 Å². The molecule has 2 nitrogen and oxygen atoms in total. The van der Waals surface area contributed by atoms with E-state index in [0.717, 1.165) is 35.9 Å². The fourth-order valence-corrected chi connectivity index (χ4v) is 2.72. The lowest BCUT2D eigenvalue weighted by atomic mass is 10.0. The summed E-state index contributed by atoms with van der Waals surface area (Å²) >= 11 is 5.92. The number of nitrogens with one attached hydrogen (secondary N) is 1. The SMILES string of the molecule is CCC(Nc1ccc(Cl)cc1)c1ccc2c(c1)CCO2. The largest absolute Gasteiger partial charge is 0.493 e. The second kappa shape index (κ2) is 5.76. The van der Waals surface area contributed by atoms with Gasteiger partial charge in [-0.1, -0.05) is 24.6 Å². The average Bonchev–Trinajstić information content (AvgIpc) is 2.94. The van der Waals surface area contributed by atoms with Crippen LogP contribution in [0.3, 0.4) is 0 Å². The molecule has 0 spiro atoms. The molecule has 2 aromatic carbocycles. The Morgan fingerprint density at radius 3 is 2.75 bits per heavy atom. The van der Waals surface area contributed by atoms with Crippen molar-refractivity contribution in [1.29, 1.82) is 0 Å². The molecule has 104 valence electrons. The third-order valence-electron chi connectivity index (χ3n) is 3.71. The summed E-state index contributed by atoms with van der Waals surface area (Å²) in [5, 5.41) is 4.33. The predicted molar refractivity (Wildman–Crippen MR) is 83.7 cm³/mol. The zero-order chi connectivity index (χ0) is 13.9. The number of halogens is 1. The van der Waals surface area contributed by atoms with Crippen molar-refractivity contribution in [2.75, 3.05) is 11.9 Å². The van der Waals surface area contributed by atoms with Gasteiger partial charge in [0.2, 0.25) is 0 Å². The summed E-state index contributed by atoms with van der Waals surface area (Å²) in [6, 6.07) is 14.7. The monoisotopic (exact) mass is 287 g/mol. The quantitative estimate of drug-likeness (QED) is 0.869.